The molecule has 1 rings (SSSR count). The molecule has 0 aliphatic carbocycles. The van der Waals surface area contributed by atoms with Crippen LogP contribution in [0.5, 0.6) is 5.75 Å². The number of benzene rings is 1. The monoisotopic (exact) mass is 480 g/mol. The summed E-state index contributed by atoms with van der Waals surface area (Å²) in [7, 11) is 1.15. The highest BCUT2D eigenvalue weighted by Crippen LogP contribution is 2.24. The number of phenols is 1. The van der Waals surface area contributed by atoms with E-state index in [9.17, 15) is 29.5 Å². The molecule has 11 nitrogen and oxygen atoms in total. The normalized spacial score (nSPS) is 12.5. The second-order valence-corrected chi connectivity index (χ2v) is 8.16. The Morgan fingerprint density at radius 3 is 2.30 bits per heavy atom. The molecule has 2 atom stereocenters. The molecule has 3 amide bonds. The van der Waals surface area contributed by atoms with Crippen LogP contribution >= 0.6 is 12.6 Å². The lowest BCUT2D eigenvalue weighted by atomic mass is 10.0. The molecule has 12 heteroatoms. The van der Waals surface area contributed by atoms with Gasteiger partial charge in [0.05, 0.1) is 13.2 Å². The number of hydrogen-bond acceptors (Lipinski definition) is 9. The van der Waals surface area contributed by atoms with Gasteiger partial charge < -0.3 is 30.1 Å². The molecule has 180 valence electrons. The number of carbonyl (C=O) groups is 4. The predicted octanol–water partition coefficient (Wildman–Crippen LogP) is 0.898. The van der Waals surface area contributed by atoms with Crippen LogP contribution in [0.4, 0.5) is 4.79 Å². The van der Waals surface area contributed by atoms with Crippen LogP contribution in [0.25, 0.3) is 0 Å². The Kier molecular flexibility index (Phi) is 10.5. The minimum Gasteiger partial charge on any atom is -0.508 e. The van der Waals surface area contributed by atoms with Gasteiger partial charge in [0, 0.05) is 5.75 Å². The van der Waals surface area contributed by atoms with Crippen molar-refractivity contribution in [3.8, 4) is 11.8 Å². The first-order valence-corrected chi connectivity index (χ1v) is 10.5. The average molecular weight is 481 g/mol. The van der Waals surface area contributed by atoms with E-state index in [-0.39, 0.29) is 17.1 Å². The number of alkyl carbamates (subject to hydrolysis) is 1. The Labute approximate surface area is 197 Å². The molecule has 1 aromatic carbocycles. The van der Waals surface area contributed by atoms with Gasteiger partial charge >= 0.3 is 12.1 Å². The number of nitrogens with one attached hydrogen (secondary N) is 2. The number of nitrogens with zero attached hydrogens (tertiary/aromatic N) is 2. The van der Waals surface area contributed by atoms with E-state index in [0.29, 0.717) is 0 Å². The molecule has 1 aromatic rings. The summed E-state index contributed by atoms with van der Waals surface area (Å²) in [6, 6.07) is 4.65. The largest absolute Gasteiger partial charge is 0.508 e. The minimum atomic E-state index is -1.36. The summed E-state index contributed by atoms with van der Waals surface area (Å²) in [5.74, 6) is -2.49. The summed E-state index contributed by atoms with van der Waals surface area (Å²) in [5, 5.41) is 23.7. The van der Waals surface area contributed by atoms with Crippen LogP contribution in [-0.2, 0) is 23.9 Å². The first-order valence-electron chi connectivity index (χ1n) is 9.84. The number of thiol groups is 1. The van der Waals surface area contributed by atoms with Crippen LogP contribution in [0, 0.1) is 11.3 Å². The first-order chi connectivity index (χ1) is 15.4. The lowest BCUT2D eigenvalue weighted by Gasteiger charge is -2.32. The van der Waals surface area contributed by atoms with Gasteiger partial charge in [-0.2, -0.15) is 17.9 Å². The van der Waals surface area contributed by atoms with Gasteiger partial charge in [-0.25, -0.2) is 4.79 Å². The van der Waals surface area contributed by atoms with Gasteiger partial charge in [0.25, 0.3) is 0 Å². The topological polar surface area (TPSA) is 158 Å². The second kappa shape index (κ2) is 12.5. The van der Waals surface area contributed by atoms with Crippen molar-refractivity contribution in [2.24, 2.45) is 0 Å². The highest BCUT2D eigenvalue weighted by Gasteiger charge is 2.36. The van der Waals surface area contributed by atoms with Crippen LogP contribution in [0.2, 0.25) is 0 Å². The SMILES string of the molecule is COC(=O)CNC(=O)C(c1ccc(O)cc1)N(CC#N)C(=O)C(CS)NC(=O)OC(C)(C)C. The Balaban J connectivity index is 3.29. The van der Waals surface area contributed by atoms with Crippen molar-refractivity contribution in [2.45, 2.75) is 38.5 Å². The third-order valence-electron chi connectivity index (χ3n) is 4.10. The number of nitriles is 1. The van der Waals surface area contributed by atoms with E-state index in [1.54, 1.807) is 20.8 Å². The number of carbonyl (C=O) groups excluding carboxylic acids is 4. The third kappa shape index (κ3) is 8.89. The van der Waals surface area contributed by atoms with Gasteiger partial charge in [-0.15, -0.1) is 0 Å². The molecular formula is C21H28N4O7S. The zero-order valence-corrected chi connectivity index (χ0v) is 19.7. The Morgan fingerprint density at radius 1 is 1.21 bits per heavy atom. The Hall–Kier alpha value is -3.46. The quantitative estimate of drug-likeness (QED) is 0.231. The molecule has 3 N–H and O–H groups in total. The standard InChI is InChI=1S/C21H28N4O7S/c1-21(2,3)32-20(30)24-15(12-33)19(29)25(10-9-22)17(13-5-7-14(26)8-6-13)18(28)23-11-16(27)31-4/h5-8,15,17,26,33H,10-12H2,1-4H3,(H,23,28)(H,24,30). The van der Waals surface area contributed by atoms with Gasteiger partial charge in [0.2, 0.25) is 11.8 Å². The van der Waals surface area contributed by atoms with Crippen LogP contribution in [0.1, 0.15) is 32.4 Å². The van der Waals surface area contributed by atoms with Crippen LogP contribution in [-0.4, -0.2) is 71.5 Å². The Bertz CT molecular complexity index is 893. The van der Waals surface area contributed by atoms with Crippen molar-refractivity contribution in [3.05, 3.63) is 29.8 Å². The van der Waals surface area contributed by atoms with Crippen LogP contribution in [0.15, 0.2) is 24.3 Å². The number of ether oxygens (including phenoxy) is 2. The van der Waals surface area contributed by atoms with E-state index in [0.717, 1.165) is 12.0 Å². The minimum absolute atomic E-state index is 0.0783. The van der Waals surface area contributed by atoms with E-state index in [1.807, 2.05) is 6.07 Å². The number of amides is 3. The summed E-state index contributed by atoms with van der Waals surface area (Å²) < 4.78 is 9.67. The van der Waals surface area contributed by atoms with Crippen LogP contribution < -0.4 is 10.6 Å². The van der Waals surface area contributed by atoms with E-state index < -0.39 is 54.7 Å². The van der Waals surface area contributed by atoms with Crippen molar-refractivity contribution in [1.29, 1.82) is 5.26 Å². The van der Waals surface area contributed by atoms with Gasteiger partial charge in [-0.05, 0) is 38.5 Å². The number of hydrogen-bond donors (Lipinski definition) is 4. The molecule has 0 aliphatic rings. The van der Waals surface area contributed by atoms with E-state index >= 15 is 0 Å². The summed E-state index contributed by atoms with van der Waals surface area (Å²) in [4.78, 5) is 50.8. The predicted molar refractivity (Wildman–Crippen MR) is 120 cm³/mol. The Morgan fingerprint density at radius 2 is 1.82 bits per heavy atom. The molecule has 0 aliphatic heterocycles. The number of aromatic hydroxyl groups is 1. The maximum atomic E-state index is 13.3. The molecule has 2 unspecified atom stereocenters. The van der Waals surface area contributed by atoms with E-state index in [2.05, 4.69) is 28.0 Å². The zero-order chi connectivity index (χ0) is 25.2. The molecule has 0 bridgehead atoms. The maximum Gasteiger partial charge on any atom is 0.408 e. The fourth-order valence-corrected chi connectivity index (χ4v) is 2.91. The molecule has 0 radical (unpaired) electrons. The van der Waals surface area contributed by atoms with Gasteiger partial charge in [0.1, 0.15) is 36.5 Å². The summed E-state index contributed by atoms with van der Waals surface area (Å²) in [6.45, 7) is 3.97. The van der Waals surface area contributed by atoms with Crippen molar-refractivity contribution >= 4 is 36.5 Å². The highest BCUT2D eigenvalue weighted by molar-refractivity contribution is 7.80. The third-order valence-corrected chi connectivity index (χ3v) is 4.46. The summed E-state index contributed by atoms with van der Waals surface area (Å²) >= 11 is 4.11. The zero-order valence-electron chi connectivity index (χ0n) is 18.8. The molecule has 0 saturated carbocycles. The van der Waals surface area contributed by atoms with Crippen molar-refractivity contribution in [3.63, 3.8) is 0 Å². The first kappa shape index (κ1) is 27.6. The molecule has 0 spiro atoms. The molecule has 0 aromatic heterocycles. The highest BCUT2D eigenvalue weighted by atomic mass is 32.1. The van der Waals surface area contributed by atoms with Gasteiger partial charge in [0.15, 0.2) is 0 Å². The summed E-state index contributed by atoms with van der Waals surface area (Å²) in [6.07, 6.45) is -0.872. The van der Waals surface area contributed by atoms with Gasteiger partial charge in [-0.1, -0.05) is 12.1 Å². The smallest absolute Gasteiger partial charge is 0.408 e. The average Bonchev–Trinajstić information content (AvgIpc) is 2.74. The number of methoxy groups -OCH3 is 1. The number of rotatable bonds is 9. The fourth-order valence-electron chi connectivity index (χ4n) is 2.67. The van der Waals surface area contributed by atoms with Crippen molar-refractivity contribution in [1.82, 2.24) is 15.5 Å². The lowest BCUT2D eigenvalue weighted by molar-refractivity contribution is -0.144. The number of esters is 1. The van der Waals surface area contributed by atoms with Gasteiger partial charge in [-0.3, -0.25) is 14.4 Å². The fraction of sp³-hybridized carbons (Fsp3) is 0.476. The van der Waals surface area contributed by atoms with Crippen molar-refractivity contribution < 1.29 is 33.8 Å². The lowest BCUT2D eigenvalue weighted by Crippen LogP contribution is -2.54. The molecular weight excluding hydrogens is 452 g/mol. The molecule has 0 heterocycles. The molecule has 33 heavy (non-hydrogen) atoms. The van der Waals surface area contributed by atoms with E-state index in [4.69, 9.17) is 4.74 Å². The summed E-state index contributed by atoms with van der Waals surface area (Å²) in [5.41, 5.74) is -0.558. The molecule has 0 saturated heterocycles. The number of phenolic OH excluding ortho intramolecular Hbond substituents is 1. The van der Waals surface area contributed by atoms with Crippen molar-refractivity contribution in [2.75, 3.05) is 26.0 Å². The maximum absolute atomic E-state index is 13.3. The molecule has 0 fully saturated rings. The van der Waals surface area contributed by atoms with E-state index in [1.165, 1.54) is 24.3 Å². The van der Waals surface area contributed by atoms with Crippen LogP contribution in [0.3, 0.4) is 0 Å². The second-order valence-electron chi connectivity index (χ2n) is 7.79.